The van der Waals surface area contributed by atoms with Crippen LogP contribution in [-0.2, 0) is 0 Å². The van der Waals surface area contributed by atoms with Crippen LogP contribution in [0.3, 0.4) is 0 Å². The molecule has 2 aliphatic rings. The van der Waals surface area contributed by atoms with Gasteiger partial charge in [-0.25, -0.2) is 0 Å². The monoisotopic (exact) mass is 341 g/mol. The van der Waals surface area contributed by atoms with Crippen LogP contribution in [0.2, 0.25) is 0 Å². The summed E-state index contributed by atoms with van der Waals surface area (Å²) in [5.74, 6) is 1.53. The molecule has 6 heteroatoms. The third-order valence-corrected chi connectivity index (χ3v) is 4.47. The van der Waals surface area contributed by atoms with Gasteiger partial charge in [0.1, 0.15) is 25.6 Å². The Hall–Kier alpha value is -2.73. The summed E-state index contributed by atoms with van der Waals surface area (Å²) in [5.41, 5.74) is 1.24. The first-order chi connectivity index (χ1) is 12.3. The lowest BCUT2D eigenvalue weighted by Crippen LogP contribution is -2.38. The zero-order valence-corrected chi connectivity index (χ0v) is 13.7. The molecule has 130 valence electrons. The zero-order chi connectivity index (χ0) is 17.2. The van der Waals surface area contributed by atoms with E-state index in [0.717, 1.165) is 5.56 Å². The molecule has 0 aromatic heterocycles. The van der Waals surface area contributed by atoms with Crippen molar-refractivity contribution in [2.24, 2.45) is 0 Å². The molecule has 2 aromatic carbocycles. The van der Waals surface area contributed by atoms with Crippen LogP contribution in [0.5, 0.6) is 17.2 Å². The van der Waals surface area contributed by atoms with Crippen molar-refractivity contribution in [1.82, 2.24) is 4.90 Å². The molecular weight excluding hydrogens is 322 g/mol. The smallest absolute Gasteiger partial charge is 0.258 e. The molecule has 0 radical (unpaired) electrons. The van der Waals surface area contributed by atoms with Gasteiger partial charge in [0.05, 0.1) is 24.8 Å². The number of aliphatic hydroxyl groups excluding tert-OH is 1. The minimum atomic E-state index is -0.466. The molecule has 2 aromatic rings. The first kappa shape index (κ1) is 15.8. The van der Waals surface area contributed by atoms with Crippen LogP contribution < -0.4 is 14.2 Å². The number of hydrogen-bond acceptors (Lipinski definition) is 5. The zero-order valence-electron chi connectivity index (χ0n) is 13.7. The second kappa shape index (κ2) is 6.64. The highest BCUT2D eigenvalue weighted by Gasteiger charge is 2.32. The maximum Gasteiger partial charge on any atom is 0.258 e. The first-order valence-electron chi connectivity index (χ1n) is 8.32. The molecule has 0 saturated heterocycles. The Kier molecular flexibility index (Phi) is 4.19. The van der Waals surface area contributed by atoms with Gasteiger partial charge < -0.3 is 24.2 Å². The van der Waals surface area contributed by atoms with E-state index in [1.165, 1.54) is 0 Å². The van der Waals surface area contributed by atoms with E-state index in [1.807, 2.05) is 24.3 Å². The molecule has 0 spiro atoms. The van der Waals surface area contributed by atoms with E-state index in [9.17, 15) is 9.90 Å². The molecule has 0 fully saturated rings. The van der Waals surface area contributed by atoms with Crippen LogP contribution in [0.15, 0.2) is 42.5 Å². The van der Waals surface area contributed by atoms with Crippen molar-refractivity contribution in [2.45, 2.75) is 6.04 Å². The molecule has 4 rings (SSSR count). The number of nitrogens with zero attached hydrogens (tertiary/aromatic N) is 1. The summed E-state index contributed by atoms with van der Waals surface area (Å²) in [7, 11) is 0. The fourth-order valence-electron chi connectivity index (χ4n) is 3.30. The van der Waals surface area contributed by atoms with Crippen molar-refractivity contribution in [1.29, 1.82) is 0 Å². The molecule has 1 N–H and O–H groups in total. The van der Waals surface area contributed by atoms with E-state index in [2.05, 4.69) is 0 Å². The largest absolute Gasteiger partial charge is 0.491 e. The van der Waals surface area contributed by atoms with Crippen LogP contribution >= 0.6 is 0 Å². The summed E-state index contributed by atoms with van der Waals surface area (Å²) in [6.45, 7) is 1.44. The van der Waals surface area contributed by atoms with E-state index >= 15 is 0 Å². The number of benzene rings is 2. The number of ether oxygens (including phenoxy) is 3. The number of hydrogen-bond donors (Lipinski definition) is 1. The third kappa shape index (κ3) is 2.78. The Morgan fingerprint density at radius 3 is 2.64 bits per heavy atom. The van der Waals surface area contributed by atoms with E-state index < -0.39 is 6.04 Å². The summed E-state index contributed by atoms with van der Waals surface area (Å²) in [5, 5.41) is 9.96. The molecule has 25 heavy (non-hydrogen) atoms. The Morgan fingerprint density at radius 2 is 1.76 bits per heavy atom. The minimum absolute atomic E-state index is 0.182. The summed E-state index contributed by atoms with van der Waals surface area (Å²) in [6.07, 6.45) is 0. The van der Waals surface area contributed by atoms with Crippen molar-refractivity contribution in [3.63, 3.8) is 0 Å². The molecule has 2 heterocycles. The Balaban J connectivity index is 1.72. The van der Waals surface area contributed by atoms with E-state index in [0.29, 0.717) is 49.2 Å². The highest BCUT2D eigenvalue weighted by atomic mass is 16.6. The van der Waals surface area contributed by atoms with Crippen molar-refractivity contribution in [3.8, 4) is 17.2 Å². The standard InChI is InChI=1S/C19H19NO5/c21-12-15-13-4-1-2-6-16(13)23-9-8-20(15)19(22)14-5-3-7-17-18(14)25-11-10-24-17/h1-7,15,21H,8-12H2. The fourth-order valence-corrected chi connectivity index (χ4v) is 3.30. The summed E-state index contributed by atoms with van der Waals surface area (Å²) in [6, 6.07) is 12.3. The van der Waals surface area contributed by atoms with Gasteiger partial charge in [-0.3, -0.25) is 4.79 Å². The second-order valence-electron chi connectivity index (χ2n) is 5.91. The lowest BCUT2D eigenvalue weighted by atomic mass is 10.0. The number of aliphatic hydroxyl groups is 1. The maximum atomic E-state index is 13.2. The maximum absolute atomic E-state index is 13.2. The van der Waals surface area contributed by atoms with Gasteiger partial charge in [0.25, 0.3) is 5.91 Å². The fraction of sp³-hybridized carbons (Fsp3) is 0.316. The summed E-state index contributed by atoms with van der Waals surface area (Å²) >= 11 is 0. The molecule has 1 atom stereocenters. The van der Waals surface area contributed by atoms with Gasteiger partial charge in [-0.05, 0) is 18.2 Å². The predicted molar refractivity (Wildman–Crippen MR) is 90.2 cm³/mol. The minimum Gasteiger partial charge on any atom is -0.491 e. The van der Waals surface area contributed by atoms with Gasteiger partial charge in [0, 0.05) is 5.56 Å². The average Bonchev–Trinajstić information content (AvgIpc) is 2.86. The highest BCUT2D eigenvalue weighted by molar-refractivity contribution is 5.98. The van der Waals surface area contributed by atoms with Crippen LogP contribution in [0.1, 0.15) is 22.0 Å². The number of fused-ring (bicyclic) bond motifs is 2. The van der Waals surface area contributed by atoms with E-state index in [1.54, 1.807) is 23.1 Å². The number of rotatable bonds is 2. The van der Waals surface area contributed by atoms with Gasteiger partial charge in [-0.15, -0.1) is 0 Å². The predicted octanol–water partition coefficient (Wildman–Crippen LogP) is 2.03. The summed E-state index contributed by atoms with van der Waals surface area (Å²) in [4.78, 5) is 14.9. The number of carbonyl (C=O) groups is 1. The van der Waals surface area contributed by atoms with Gasteiger partial charge >= 0.3 is 0 Å². The van der Waals surface area contributed by atoms with Crippen molar-refractivity contribution in [2.75, 3.05) is 33.0 Å². The van der Waals surface area contributed by atoms with Gasteiger partial charge in [0.15, 0.2) is 11.5 Å². The SMILES string of the molecule is O=C(c1cccc2c1OCCO2)N1CCOc2ccccc2C1CO. The molecule has 2 aliphatic heterocycles. The normalized spacial score (nSPS) is 18.8. The first-order valence-corrected chi connectivity index (χ1v) is 8.32. The average molecular weight is 341 g/mol. The van der Waals surface area contributed by atoms with Gasteiger partial charge in [-0.2, -0.15) is 0 Å². The molecule has 0 saturated carbocycles. The number of carbonyl (C=O) groups excluding carboxylic acids is 1. The Labute approximate surface area is 145 Å². The lowest BCUT2D eigenvalue weighted by Gasteiger charge is -2.30. The molecule has 6 nitrogen and oxygen atoms in total. The Morgan fingerprint density at radius 1 is 1.00 bits per heavy atom. The van der Waals surface area contributed by atoms with Gasteiger partial charge in [-0.1, -0.05) is 24.3 Å². The quantitative estimate of drug-likeness (QED) is 0.905. The molecule has 1 amide bonds. The number of amides is 1. The van der Waals surface area contributed by atoms with Crippen LogP contribution in [-0.4, -0.2) is 48.9 Å². The molecule has 0 bridgehead atoms. The topological polar surface area (TPSA) is 68.2 Å². The Bertz CT molecular complexity index is 791. The third-order valence-electron chi connectivity index (χ3n) is 4.47. The summed E-state index contributed by atoms with van der Waals surface area (Å²) < 4.78 is 17.0. The van der Waals surface area contributed by atoms with Crippen molar-refractivity contribution in [3.05, 3.63) is 53.6 Å². The van der Waals surface area contributed by atoms with E-state index in [4.69, 9.17) is 14.2 Å². The van der Waals surface area contributed by atoms with Crippen molar-refractivity contribution < 1.29 is 24.1 Å². The van der Waals surface area contributed by atoms with Crippen LogP contribution in [0, 0.1) is 0 Å². The van der Waals surface area contributed by atoms with Gasteiger partial charge in [0.2, 0.25) is 0 Å². The molecule has 0 aliphatic carbocycles. The van der Waals surface area contributed by atoms with Crippen LogP contribution in [0.4, 0.5) is 0 Å². The number of para-hydroxylation sites is 2. The van der Waals surface area contributed by atoms with E-state index in [-0.39, 0.29) is 12.5 Å². The molecular formula is C19H19NO5. The molecule has 1 unspecified atom stereocenters. The second-order valence-corrected chi connectivity index (χ2v) is 5.91. The highest BCUT2D eigenvalue weighted by Crippen LogP contribution is 2.37. The van der Waals surface area contributed by atoms with Crippen molar-refractivity contribution >= 4 is 5.91 Å². The lowest BCUT2D eigenvalue weighted by molar-refractivity contribution is 0.0576. The van der Waals surface area contributed by atoms with Crippen LogP contribution in [0.25, 0.3) is 0 Å².